The first kappa shape index (κ1) is 14.9. The molecule has 1 amide bonds. The maximum Gasteiger partial charge on any atom is 0.227 e. The van der Waals surface area contributed by atoms with Crippen LogP contribution >= 0.6 is 12.2 Å². The third-order valence-electron chi connectivity index (χ3n) is 3.95. The Morgan fingerprint density at radius 3 is 2.95 bits per heavy atom. The van der Waals surface area contributed by atoms with Gasteiger partial charge in [0.05, 0.1) is 5.41 Å². The number of nitrogens with one attached hydrogen (secondary N) is 1. The minimum absolute atomic E-state index is 0.122. The summed E-state index contributed by atoms with van der Waals surface area (Å²) >= 11 is 5.00. The number of nitrogens with zero attached hydrogens (tertiary/aromatic N) is 1. The lowest BCUT2D eigenvalue weighted by Gasteiger charge is -2.22. The van der Waals surface area contributed by atoms with Crippen LogP contribution in [0.1, 0.15) is 24.5 Å². The normalized spacial score (nSPS) is 22.7. The first-order valence-electron chi connectivity index (χ1n) is 6.78. The maximum absolute atomic E-state index is 11.9. The van der Waals surface area contributed by atoms with Crippen LogP contribution in [0.25, 0.3) is 0 Å². The molecule has 1 fully saturated rings. The highest BCUT2D eigenvalue weighted by molar-refractivity contribution is 7.80. The molecule has 0 saturated carbocycles. The molecule has 1 heterocycles. The molecule has 5 heteroatoms. The van der Waals surface area contributed by atoms with Gasteiger partial charge < -0.3 is 11.1 Å². The van der Waals surface area contributed by atoms with Crippen LogP contribution in [0.2, 0.25) is 0 Å². The van der Waals surface area contributed by atoms with E-state index in [0.29, 0.717) is 4.99 Å². The van der Waals surface area contributed by atoms with E-state index in [1.165, 1.54) is 5.56 Å². The summed E-state index contributed by atoms with van der Waals surface area (Å²) in [6.45, 7) is 4.56. The minimum atomic E-state index is -0.282. The molecule has 0 aliphatic carbocycles. The number of carbonyl (C=O) groups excluding carboxylic acids is 1. The molecule has 1 atom stereocenters. The predicted molar refractivity (Wildman–Crippen MR) is 84.4 cm³/mol. The smallest absolute Gasteiger partial charge is 0.227 e. The van der Waals surface area contributed by atoms with Crippen LogP contribution in [0.5, 0.6) is 0 Å². The predicted octanol–water partition coefficient (Wildman–Crippen LogP) is 1.28. The number of benzene rings is 1. The molecule has 2 rings (SSSR count). The average Bonchev–Trinajstić information content (AvgIpc) is 2.80. The van der Waals surface area contributed by atoms with E-state index < -0.39 is 0 Å². The maximum atomic E-state index is 11.9. The second kappa shape index (κ2) is 5.89. The van der Waals surface area contributed by atoms with Crippen LogP contribution < -0.4 is 11.1 Å². The average molecular weight is 291 g/mol. The Balaban J connectivity index is 2.04. The molecular formula is C15H21N3OS. The SMILES string of the molecule is CNC(=O)C1(C)CCN(Cc2cccc(C(N)=S)c2)C1. The topological polar surface area (TPSA) is 58.4 Å². The molecule has 0 aromatic heterocycles. The number of rotatable bonds is 4. The number of nitrogens with two attached hydrogens (primary N) is 1. The molecule has 108 valence electrons. The van der Waals surface area contributed by atoms with Gasteiger partial charge in [-0.05, 0) is 31.5 Å². The van der Waals surface area contributed by atoms with Crippen molar-refractivity contribution in [2.75, 3.05) is 20.1 Å². The van der Waals surface area contributed by atoms with Gasteiger partial charge in [0.1, 0.15) is 4.99 Å². The van der Waals surface area contributed by atoms with E-state index in [1.807, 2.05) is 25.1 Å². The van der Waals surface area contributed by atoms with Gasteiger partial charge in [-0.3, -0.25) is 9.69 Å². The molecule has 1 unspecified atom stereocenters. The third kappa shape index (κ3) is 3.16. The number of likely N-dealkylation sites (tertiary alicyclic amines) is 1. The van der Waals surface area contributed by atoms with Gasteiger partial charge in [-0.15, -0.1) is 0 Å². The fourth-order valence-corrected chi connectivity index (χ4v) is 2.89. The van der Waals surface area contributed by atoms with Crippen molar-refractivity contribution in [2.45, 2.75) is 19.9 Å². The quantitative estimate of drug-likeness (QED) is 0.821. The van der Waals surface area contributed by atoms with Gasteiger partial charge in [-0.25, -0.2) is 0 Å². The zero-order valence-electron chi connectivity index (χ0n) is 12.0. The number of carbonyl (C=O) groups is 1. The van der Waals surface area contributed by atoms with Crippen LogP contribution in [-0.2, 0) is 11.3 Å². The highest BCUT2D eigenvalue weighted by Gasteiger charge is 2.39. The molecule has 1 saturated heterocycles. The van der Waals surface area contributed by atoms with E-state index in [9.17, 15) is 4.79 Å². The first-order valence-corrected chi connectivity index (χ1v) is 7.19. The third-order valence-corrected chi connectivity index (χ3v) is 4.18. The van der Waals surface area contributed by atoms with Gasteiger partial charge >= 0.3 is 0 Å². The summed E-state index contributed by atoms with van der Waals surface area (Å²) in [5, 5.41) is 2.76. The van der Waals surface area contributed by atoms with E-state index in [0.717, 1.165) is 31.6 Å². The standard InChI is InChI=1S/C15H21N3OS/c1-15(14(19)17-2)6-7-18(10-15)9-11-4-3-5-12(8-11)13(16)20/h3-5,8H,6-7,9-10H2,1-2H3,(H2,16,20)(H,17,19). The Morgan fingerprint density at radius 2 is 2.30 bits per heavy atom. The molecule has 0 bridgehead atoms. The number of hydrogen-bond donors (Lipinski definition) is 2. The highest BCUT2D eigenvalue weighted by atomic mass is 32.1. The monoisotopic (exact) mass is 291 g/mol. The second-order valence-electron chi connectivity index (χ2n) is 5.67. The van der Waals surface area contributed by atoms with Crippen molar-refractivity contribution in [2.24, 2.45) is 11.1 Å². The summed E-state index contributed by atoms with van der Waals surface area (Å²) in [6.07, 6.45) is 0.891. The summed E-state index contributed by atoms with van der Waals surface area (Å²) in [7, 11) is 1.70. The molecule has 0 spiro atoms. The lowest BCUT2D eigenvalue weighted by atomic mass is 9.89. The summed E-state index contributed by atoms with van der Waals surface area (Å²) in [5.74, 6) is 0.122. The van der Waals surface area contributed by atoms with Crippen LogP contribution in [0.3, 0.4) is 0 Å². The summed E-state index contributed by atoms with van der Waals surface area (Å²) in [5.41, 5.74) is 7.45. The molecule has 1 aliphatic rings. The Morgan fingerprint density at radius 1 is 1.55 bits per heavy atom. The van der Waals surface area contributed by atoms with Crippen molar-refractivity contribution >= 4 is 23.1 Å². The fraction of sp³-hybridized carbons (Fsp3) is 0.467. The van der Waals surface area contributed by atoms with Crippen LogP contribution in [0.4, 0.5) is 0 Å². The molecule has 20 heavy (non-hydrogen) atoms. The van der Waals surface area contributed by atoms with Gasteiger partial charge in [0.15, 0.2) is 0 Å². The summed E-state index contributed by atoms with van der Waals surface area (Å²) < 4.78 is 0. The van der Waals surface area contributed by atoms with Crippen molar-refractivity contribution in [1.29, 1.82) is 0 Å². The molecule has 4 nitrogen and oxygen atoms in total. The Bertz CT molecular complexity index is 532. The van der Waals surface area contributed by atoms with Crippen molar-refractivity contribution < 1.29 is 4.79 Å². The van der Waals surface area contributed by atoms with Crippen molar-refractivity contribution in [3.8, 4) is 0 Å². The van der Waals surface area contributed by atoms with Gasteiger partial charge in [0.25, 0.3) is 0 Å². The number of amides is 1. The van der Waals surface area contributed by atoms with Crippen molar-refractivity contribution in [3.63, 3.8) is 0 Å². The van der Waals surface area contributed by atoms with Crippen LogP contribution in [0.15, 0.2) is 24.3 Å². The Hall–Kier alpha value is -1.46. The number of thiocarbonyl (C=S) groups is 1. The Kier molecular flexibility index (Phi) is 4.40. The molecule has 1 aliphatic heterocycles. The van der Waals surface area contributed by atoms with Crippen LogP contribution in [0, 0.1) is 5.41 Å². The lowest BCUT2D eigenvalue weighted by molar-refractivity contribution is -0.129. The summed E-state index contributed by atoms with van der Waals surface area (Å²) in [6, 6.07) is 7.98. The zero-order chi connectivity index (χ0) is 14.8. The van der Waals surface area contributed by atoms with Crippen LogP contribution in [-0.4, -0.2) is 35.9 Å². The molecule has 1 aromatic rings. The fourth-order valence-electron chi connectivity index (χ4n) is 2.76. The summed E-state index contributed by atoms with van der Waals surface area (Å²) in [4.78, 5) is 14.6. The van der Waals surface area contributed by atoms with Gasteiger partial charge in [-0.1, -0.05) is 30.4 Å². The first-order chi connectivity index (χ1) is 9.44. The van der Waals surface area contributed by atoms with E-state index >= 15 is 0 Å². The molecule has 3 N–H and O–H groups in total. The van der Waals surface area contributed by atoms with Gasteiger partial charge in [-0.2, -0.15) is 0 Å². The minimum Gasteiger partial charge on any atom is -0.389 e. The van der Waals surface area contributed by atoms with E-state index in [1.54, 1.807) is 7.05 Å². The lowest BCUT2D eigenvalue weighted by Crippen LogP contribution is -2.39. The zero-order valence-corrected chi connectivity index (χ0v) is 12.8. The molecule has 1 aromatic carbocycles. The van der Waals surface area contributed by atoms with Gasteiger partial charge in [0.2, 0.25) is 5.91 Å². The Labute approximate surface area is 125 Å². The highest BCUT2D eigenvalue weighted by Crippen LogP contribution is 2.31. The molecular weight excluding hydrogens is 270 g/mol. The number of hydrogen-bond acceptors (Lipinski definition) is 3. The van der Waals surface area contributed by atoms with Crippen molar-refractivity contribution in [3.05, 3.63) is 35.4 Å². The van der Waals surface area contributed by atoms with Gasteiger partial charge in [0, 0.05) is 25.7 Å². The van der Waals surface area contributed by atoms with E-state index in [-0.39, 0.29) is 11.3 Å². The van der Waals surface area contributed by atoms with E-state index in [4.69, 9.17) is 18.0 Å². The van der Waals surface area contributed by atoms with Crippen molar-refractivity contribution in [1.82, 2.24) is 10.2 Å². The van der Waals surface area contributed by atoms with E-state index in [2.05, 4.69) is 16.3 Å². The largest absolute Gasteiger partial charge is 0.389 e. The second-order valence-corrected chi connectivity index (χ2v) is 6.10. The molecule has 0 radical (unpaired) electrons.